The molecule has 2 N–H and O–H groups in total. The maximum absolute atomic E-state index is 12.5. The fraction of sp³-hybridized carbons (Fsp3) is 0.636. The number of aromatic nitrogens is 2. The molecular formula is C22H32N4O. The lowest BCUT2D eigenvalue weighted by molar-refractivity contribution is -0.126. The summed E-state index contributed by atoms with van der Waals surface area (Å²) >= 11 is 0. The molecule has 2 heterocycles. The number of aromatic amines is 1. The van der Waals surface area contributed by atoms with Crippen LogP contribution >= 0.6 is 0 Å². The van der Waals surface area contributed by atoms with Crippen molar-refractivity contribution in [2.24, 2.45) is 11.8 Å². The van der Waals surface area contributed by atoms with Crippen LogP contribution in [-0.2, 0) is 4.79 Å². The highest BCUT2D eigenvalue weighted by molar-refractivity contribution is 5.79. The third-order valence-electron chi connectivity index (χ3n) is 6.53. The molecule has 5 heteroatoms. The number of benzene rings is 1. The largest absolute Gasteiger partial charge is 0.356 e. The van der Waals surface area contributed by atoms with E-state index < -0.39 is 0 Å². The standard InChI is InChI=1S/C22H32N4O/c1-2-26-13-5-6-18(15-26)22(27)23-14-16-9-11-17(12-10-16)21-24-19-7-3-4-8-20(19)25-21/h3-4,7-8,16-18H,2,5-6,9-15H2,1H3,(H,23,27)(H,24,25)/t16?,17?,18-/m1/s1. The van der Waals surface area contributed by atoms with Crippen LogP contribution < -0.4 is 5.32 Å². The van der Waals surface area contributed by atoms with Crippen LogP contribution in [0.15, 0.2) is 24.3 Å². The number of H-pyrrole nitrogens is 1. The number of hydrogen-bond acceptors (Lipinski definition) is 3. The molecule has 0 unspecified atom stereocenters. The molecule has 0 bridgehead atoms. The van der Waals surface area contributed by atoms with Gasteiger partial charge in [-0.2, -0.15) is 0 Å². The zero-order chi connectivity index (χ0) is 18.6. The van der Waals surface area contributed by atoms with Crippen molar-refractivity contribution in [3.63, 3.8) is 0 Å². The zero-order valence-electron chi connectivity index (χ0n) is 16.4. The van der Waals surface area contributed by atoms with Crippen LogP contribution in [-0.4, -0.2) is 47.0 Å². The minimum Gasteiger partial charge on any atom is -0.356 e. The fourth-order valence-electron chi connectivity index (χ4n) is 4.75. The molecule has 0 radical (unpaired) electrons. The average molecular weight is 369 g/mol. The summed E-state index contributed by atoms with van der Waals surface area (Å²) in [5, 5.41) is 3.25. The van der Waals surface area contributed by atoms with Crippen LogP contribution in [0.2, 0.25) is 0 Å². The third-order valence-corrected chi connectivity index (χ3v) is 6.53. The van der Waals surface area contributed by atoms with E-state index in [0.29, 0.717) is 11.8 Å². The number of likely N-dealkylation sites (tertiary alicyclic amines) is 1. The number of fused-ring (bicyclic) bond motifs is 1. The summed E-state index contributed by atoms with van der Waals surface area (Å²) in [6.07, 6.45) is 6.86. The van der Waals surface area contributed by atoms with E-state index in [1.807, 2.05) is 6.07 Å². The van der Waals surface area contributed by atoms with Crippen molar-refractivity contribution in [2.45, 2.75) is 51.4 Å². The van der Waals surface area contributed by atoms with Crippen LogP contribution in [0.5, 0.6) is 0 Å². The number of carbonyl (C=O) groups excluding carboxylic acids is 1. The van der Waals surface area contributed by atoms with Gasteiger partial charge in [0, 0.05) is 19.0 Å². The highest BCUT2D eigenvalue weighted by Crippen LogP contribution is 2.35. The molecule has 1 aromatic carbocycles. The summed E-state index contributed by atoms with van der Waals surface area (Å²) < 4.78 is 0. The molecule has 27 heavy (non-hydrogen) atoms. The summed E-state index contributed by atoms with van der Waals surface area (Å²) in [6, 6.07) is 8.26. The number of hydrogen-bond donors (Lipinski definition) is 2. The molecule has 5 nitrogen and oxygen atoms in total. The summed E-state index contributed by atoms with van der Waals surface area (Å²) in [5.41, 5.74) is 2.20. The van der Waals surface area contributed by atoms with E-state index in [4.69, 9.17) is 4.98 Å². The number of rotatable bonds is 5. The first kappa shape index (κ1) is 18.5. The molecule has 2 aromatic rings. The van der Waals surface area contributed by atoms with Gasteiger partial charge in [-0.25, -0.2) is 4.98 Å². The molecule has 0 spiro atoms. The van der Waals surface area contributed by atoms with E-state index in [9.17, 15) is 4.79 Å². The third kappa shape index (κ3) is 4.34. The highest BCUT2D eigenvalue weighted by Gasteiger charge is 2.27. The van der Waals surface area contributed by atoms with Crippen molar-refractivity contribution in [1.29, 1.82) is 0 Å². The van der Waals surface area contributed by atoms with Gasteiger partial charge in [0.1, 0.15) is 5.82 Å². The Labute approximate surface area is 161 Å². The molecular weight excluding hydrogens is 336 g/mol. The van der Waals surface area contributed by atoms with Crippen molar-refractivity contribution in [1.82, 2.24) is 20.2 Å². The number of amides is 1. The Kier molecular flexibility index (Phi) is 5.77. The summed E-state index contributed by atoms with van der Waals surface area (Å²) in [6.45, 7) is 6.15. The second-order valence-electron chi connectivity index (χ2n) is 8.33. The smallest absolute Gasteiger partial charge is 0.224 e. The van der Waals surface area contributed by atoms with E-state index in [1.165, 1.54) is 12.8 Å². The normalized spacial score (nSPS) is 26.9. The Balaban J connectivity index is 1.24. The van der Waals surface area contributed by atoms with Gasteiger partial charge in [0.2, 0.25) is 5.91 Å². The predicted molar refractivity (Wildman–Crippen MR) is 109 cm³/mol. The highest BCUT2D eigenvalue weighted by atomic mass is 16.1. The number of piperidine rings is 1. The number of nitrogens with one attached hydrogen (secondary N) is 2. The Hall–Kier alpha value is -1.88. The maximum atomic E-state index is 12.5. The predicted octanol–water partition coefficient (Wildman–Crippen LogP) is 3.68. The van der Waals surface area contributed by atoms with E-state index in [0.717, 1.165) is 68.7 Å². The Morgan fingerprint density at radius 3 is 2.81 bits per heavy atom. The molecule has 2 fully saturated rings. The van der Waals surface area contributed by atoms with E-state index in [1.54, 1.807) is 0 Å². The number of imidazole rings is 1. The van der Waals surface area contributed by atoms with Gasteiger partial charge in [0.05, 0.1) is 17.0 Å². The number of nitrogens with zero attached hydrogens (tertiary/aromatic N) is 2. The van der Waals surface area contributed by atoms with Crippen LogP contribution in [0.4, 0.5) is 0 Å². The summed E-state index contributed by atoms with van der Waals surface area (Å²) in [5.74, 6) is 2.74. The molecule has 2 aliphatic rings. The van der Waals surface area contributed by atoms with E-state index in [-0.39, 0.29) is 11.8 Å². The molecule has 1 saturated carbocycles. The first-order chi connectivity index (χ1) is 13.2. The van der Waals surface area contributed by atoms with Gasteiger partial charge in [-0.15, -0.1) is 0 Å². The Morgan fingerprint density at radius 2 is 2.04 bits per heavy atom. The molecule has 1 amide bonds. The molecule has 1 aliphatic heterocycles. The van der Waals surface area contributed by atoms with Gasteiger partial charge in [-0.1, -0.05) is 19.1 Å². The molecule has 1 aliphatic carbocycles. The van der Waals surface area contributed by atoms with Crippen LogP contribution in [0, 0.1) is 11.8 Å². The van der Waals surface area contributed by atoms with Gasteiger partial charge in [-0.05, 0) is 69.7 Å². The summed E-state index contributed by atoms with van der Waals surface area (Å²) in [4.78, 5) is 23.2. The number of carbonyl (C=O) groups is 1. The van der Waals surface area contributed by atoms with Gasteiger partial charge in [0.15, 0.2) is 0 Å². The van der Waals surface area contributed by atoms with Crippen molar-refractivity contribution in [3.05, 3.63) is 30.1 Å². The van der Waals surface area contributed by atoms with Crippen LogP contribution in [0.25, 0.3) is 11.0 Å². The lowest BCUT2D eigenvalue weighted by Crippen LogP contribution is -2.44. The van der Waals surface area contributed by atoms with Gasteiger partial charge in [0.25, 0.3) is 0 Å². The number of para-hydroxylation sites is 2. The molecule has 146 valence electrons. The van der Waals surface area contributed by atoms with E-state index in [2.05, 4.69) is 40.3 Å². The monoisotopic (exact) mass is 368 g/mol. The average Bonchev–Trinajstić information content (AvgIpc) is 3.16. The van der Waals surface area contributed by atoms with E-state index >= 15 is 0 Å². The second kappa shape index (κ2) is 8.42. The molecule has 1 aromatic heterocycles. The minimum atomic E-state index is 0.186. The lowest BCUT2D eigenvalue weighted by Gasteiger charge is -2.32. The van der Waals surface area contributed by atoms with Crippen molar-refractivity contribution < 1.29 is 4.79 Å². The van der Waals surface area contributed by atoms with Gasteiger partial charge in [-0.3, -0.25) is 4.79 Å². The topological polar surface area (TPSA) is 61.0 Å². The summed E-state index contributed by atoms with van der Waals surface area (Å²) in [7, 11) is 0. The van der Waals surface area contributed by atoms with Crippen LogP contribution in [0.1, 0.15) is 57.2 Å². The first-order valence-corrected chi connectivity index (χ1v) is 10.7. The zero-order valence-corrected chi connectivity index (χ0v) is 16.4. The molecule has 1 saturated heterocycles. The first-order valence-electron chi connectivity index (χ1n) is 10.7. The quantitative estimate of drug-likeness (QED) is 0.846. The molecule has 1 atom stereocenters. The van der Waals surface area contributed by atoms with Crippen molar-refractivity contribution in [2.75, 3.05) is 26.2 Å². The van der Waals surface area contributed by atoms with Crippen molar-refractivity contribution >= 4 is 16.9 Å². The SMILES string of the molecule is CCN1CCC[C@@H](C(=O)NCC2CCC(c3nc4ccccc4[nH]3)CC2)C1. The Bertz CT molecular complexity index is 730. The minimum absolute atomic E-state index is 0.186. The van der Waals surface area contributed by atoms with Crippen LogP contribution in [0.3, 0.4) is 0 Å². The van der Waals surface area contributed by atoms with Gasteiger partial charge < -0.3 is 15.2 Å². The van der Waals surface area contributed by atoms with Crippen molar-refractivity contribution in [3.8, 4) is 0 Å². The lowest BCUT2D eigenvalue weighted by atomic mass is 9.81. The Morgan fingerprint density at radius 1 is 1.22 bits per heavy atom. The fourth-order valence-corrected chi connectivity index (χ4v) is 4.75. The van der Waals surface area contributed by atoms with Gasteiger partial charge >= 0.3 is 0 Å². The molecule has 4 rings (SSSR count). The maximum Gasteiger partial charge on any atom is 0.224 e. The second-order valence-corrected chi connectivity index (χ2v) is 8.33.